The van der Waals surface area contributed by atoms with E-state index in [9.17, 15) is 0 Å². The maximum atomic E-state index is 8.77. The molecule has 0 unspecified atom stereocenters. The number of anilines is 1. The number of halogens is 1. The van der Waals surface area contributed by atoms with E-state index in [-0.39, 0.29) is 13.2 Å². The van der Waals surface area contributed by atoms with Gasteiger partial charge in [-0.1, -0.05) is 11.6 Å². The van der Waals surface area contributed by atoms with Crippen molar-refractivity contribution in [1.29, 1.82) is 0 Å². The predicted molar refractivity (Wildman–Crippen MR) is 53.4 cm³/mol. The van der Waals surface area contributed by atoms with E-state index in [2.05, 4.69) is 9.97 Å². The molecule has 0 aliphatic rings. The highest BCUT2D eigenvalue weighted by Crippen LogP contribution is 2.09. The normalized spacial score (nSPS) is 10.2. The second kappa shape index (κ2) is 5.74. The van der Waals surface area contributed by atoms with Crippen molar-refractivity contribution in [2.45, 2.75) is 0 Å². The first-order valence-electron chi connectivity index (χ1n) is 4.22. The van der Waals surface area contributed by atoms with Crippen LogP contribution in [0.4, 0.5) is 5.95 Å². The van der Waals surface area contributed by atoms with Crippen LogP contribution in [-0.4, -0.2) is 46.5 Å². The molecule has 14 heavy (non-hydrogen) atoms. The molecule has 0 atom stereocenters. The minimum atomic E-state index is -0.00795. The van der Waals surface area contributed by atoms with Crippen molar-refractivity contribution in [3.05, 3.63) is 17.4 Å². The van der Waals surface area contributed by atoms with Crippen LogP contribution in [0.2, 0.25) is 5.02 Å². The van der Waals surface area contributed by atoms with Crippen LogP contribution in [0.1, 0.15) is 0 Å². The van der Waals surface area contributed by atoms with E-state index in [0.717, 1.165) is 0 Å². The largest absolute Gasteiger partial charge is 0.395 e. The SMILES string of the molecule is OCCN(CCO)c1ncc(Cl)cn1. The third-order valence-corrected chi connectivity index (χ3v) is 1.82. The Morgan fingerprint density at radius 1 is 1.14 bits per heavy atom. The molecule has 0 aliphatic carbocycles. The molecule has 1 aromatic heterocycles. The number of rotatable bonds is 5. The fourth-order valence-corrected chi connectivity index (χ4v) is 1.12. The monoisotopic (exact) mass is 217 g/mol. The molecule has 6 heteroatoms. The third kappa shape index (κ3) is 3.10. The van der Waals surface area contributed by atoms with E-state index in [1.807, 2.05) is 0 Å². The van der Waals surface area contributed by atoms with Gasteiger partial charge in [0.1, 0.15) is 0 Å². The number of hydrogen-bond donors (Lipinski definition) is 2. The molecule has 0 aromatic carbocycles. The first kappa shape index (κ1) is 11.2. The van der Waals surface area contributed by atoms with E-state index >= 15 is 0 Å². The van der Waals surface area contributed by atoms with Crippen molar-refractivity contribution in [3.8, 4) is 0 Å². The minimum absolute atomic E-state index is 0.00795. The van der Waals surface area contributed by atoms with Crippen LogP contribution in [-0.2, 0) is 0 Å². The molecule has 0 spiro atoms. The van der Waals surface area contributed by atoms with E-state index in [1.165, 1.54) is 12.4 Å². The summed E-state index contributed by atoms with van der Waals surface area (Å²) in [5.74, 6) is 0.456. The number of aromatic nitrogens is 2. The molecule has 0 fully saturated rings. The highest BCUT2D eigenvalue weighted by atomic mass is 35.5. The number of aliphatic hydroxyl groups excluding tert-OH is 2. The summed E-state index contributed by atoms with van der Waals surface area (Å²) in [6.07, 6.45) is 2.96. The van der Waals surface area contributed by atoms with Gasteiger partial charge in [0.15, 0.2) is 0 Å². The second-order valence-electron chi connectivity index (χ2n) is 2.64. The summed E-state index contributed by atoms with van der Waals surface area (Å²) < 4.78 is 0. The molecular formula is C8H12ClN3O2. The molecule has 0 saturated carbocycles. The Morgan fingerprint density at radius 3 is 2.07 bits per heavy atom. The molecule has 0 aliphatic heterocycles. The second-order valence-corrected chi connectivity index (χ2v) is 3.07. The van der Waals surface area contributed by atoms with Crippen molar-refractivity contribution in [2.24, 2.45) is 0 Å². The Balaban J connectivity index is 2.71. The molecule has 0 amide bonds. The van der Waals surface area contributed by atoms with Crippen LogP contribution in [0.5, 0.6) is 0 Å². The molecule has 2 N–H and O–H groups in total. The molecule has 1 rings (SSSR count). The Labute approximate surface area is 87.0 Å². The van der Waals surface area contributed by atoms with Gasteiger partial charge in [0.2, 0.25) is 5.95 Å². The predicted octanol–water partition coefficient (Wildman–Crippen LogP) is -0.0790. The van der Waals surface area contributed by atoms with Crippen molar-refractivity contribution in [1.82, 2.24) is 9.97 Å². The fourth-order valence-electron chi connectivity index (χ4n) is 1.02. The Kier molecular flexibility index (Phi) is 4.58. The average Bonchev–Trinajstić information content (AvgIpc) is 2.19. The van der Waals surface area contributed by atoms with Crippen LogP contribution >= 0.6 is 11.6 Å². The van der Waals surface area contributed by atoms with Crippen molar-refractivity contribution in [3.63, 3.8) is 0 Å². The molecule has 0 radical (unpaired) electrons. The van der Waals surface area contributed by atoms with Gasteiger partial charge in [-0.3, -0.25) is 0 Å². The van der Waals surface area contributed by atoms with Crippen molar-refractivity contribution >= 4 is 17.5 Å². The van der Waals surface area contributed by atoms with E-state index in [1.54, 1.807) is 4.90 Å². The smallest absolute Gasteiger partial charge is 0.225 e. The lowest BCUT2D eigenvalue weighted by atomic mass is 10.5. The highest BCUT2D eigenvalue weighted by Gasteiger charge is 2.07. The van der Waals surface area contributed by atoms with Gasteiger partial charge >= 0.3 is 0 Å². The van der Waals surface area contributed by atoms with Gasteiger partial charge in [-0.15, -0.1) is 0 Å². The molecule has 0 saturated heterocycles. The third-order valence-electron chi connectivity index (χ3n) is 1.63. The van der Waals surface area contributed by atoms with Crippen LogP contribution in [0.3, 0.4) is 0 Å². The van der Waals surface area contributed by atoms with Gasteiger partial charge in [0, 0.05) is 13.1 Å². The van der Waals surface area contributed by atoms with E-state index in [0.29, 0.717) is 24.1 Å². The first-order chi connectivity index (χ1) is 6.77. The summed E-state index contributed by atoms with van der Waals surface area (Å²) in [7, 11) is 0. The number of nitrogens with zero attached hydrogens (tertiary/aromatic N) is 3. The topological polar surface area (TPSA) is 69.5 Å². The average molecular weight is 218 g/mol. The summed E-state index contributed by atoms with van der Waals surface area (Å²) in [6, 6.07) is 0. The zero-order valence-electron chi connectivity index (χ0n) is 7.60. The number of hydrogen-bond acceptors (Lipinski definition) is 5. The van der Waals surface area contributed by atoms with Gasteiger partial charge in [-0.2, -0.15) is 0 Å². The summed E-state index contributed by atoms with van der Waals surface area (Å²) in [5.41, 5.74) is 0. The van der Waals surface area contributed by atoms with Gasteiger partial charge in [0.05, 0.1) is 30.6 Å². The summed E-state index contributed by atoms with van der Waals surface area (Å²) in [5, 5.41) is 18.0. The standard InChI is InChI=1S/C8H12ClN3O2/c9-7-5-10-8(11-6-7)12(1-3-13)2-4-14/h5-6,13-14H,1-4H2. The summed E-state index contributed by atoms with van der Waals surface area (Å²) in [4.78, 5) is 9.63. The lowest BCUT2D eigenvalue weighted by molar-refractivity contribution is 0.280. The van der Waals surface area contributed by atoms with Crippen LogP contribution < -0.4 is 4.90 Å². The van der Waals surface area contributed by atoms with Gasteiger partial charge in [-0.25, -0.2) is 9.97 Å². The van der Waals surface area contributed by atoms with E-state index in [4.69, 9.17) is 21.8 Å². The lowest BCUT2D eigenvalue weighted by Crippen LogP contribution is -2.31. The fraction of sp³-hybridized carbons (Fsp3) is 0.500. The van der Waals surface area contributed by atoms with Crippen molar-refractivity contribution < 1.29 is 10.2 Å². The minimum Gasteiger partial charge on any atom is -0.395 e. The molecule has 1 heterocycles. The van der Waals surface area contributed by atoms with Crippen molar-refractivity contribution in [2.75, 3.05) is 31.2 Å². The van der Waals surface area contributed by atoms with E-state index < -0.39 is 0 Å². The zero-order chi connectivity index (χ0) is 10.4. The molecular weight excluding hydrogens is 206 g/mol. The Bertz CT molecular complexity index is 262. The van der Waals surface area contributed by atoms with Crippen LogP contribution in [0.15, 0.2) is 12.4 Å². The molecule has 0 bridgehead atoms. The summed E-state index contributed by atoms with van der Waals surface area (Å²) in [6.45, 7) is 0.766. The summed E-state index contributed by atoms with van der Waals surface area (Å²) >= 11 is 5.63. The van der Waals surface area contributed by atoms with Crippen LogP contribution in [0, 0.1) is 0 Å². The van der Waals surface area contributed by atoms with Gasteiger partial charge in [-0.05, 0) is 0 Å². The zero-order valence-corrected chi connectivity index (χ0v) is 8.35. The lowest BCUT2D eigenvalue weighted by Gasteiger charge is -2.19. The maximum Gasteiger partial charge on any atom is 0.225 e. The molecule has 78 valence electrons. The Hall–Kier alpha value is -0.910. The molecule has 5 nitrogen and oxygen atoms in total. The molecule has 1 aromatic rings. The first-order valence-corrected chi connectivity index (χ1v) is 4.60. The Morgan fingerprint density at radius 2 is 1.64 bits per heavy atom. The quantitative estimate of drug-likeness (QED) is 0.722. The highest BCUT2D eigenvalue weighted by molar-refractivity contribution is 6.30. The number of aliphatic hydroxyl groups is 2. The van der Waals surface area contributed by atoms with Crippen LogP contribution in [0.25, 0.3) is 0 Å². The maximum absolute atomic E-state index is 8.77. The van der Waals surface area contributed by atoms with Gasteiger partial charge < -0.3 is 15.1 Å². The van der Waals surface area contributed by atoms with Gasteiger partial charge in [0.25, 0.3) is 0 Å².